The minimum atomic E-state index is -3.88. The Balaban J connectivity index is 1.82. The van der Waals surface area contributed by atoms with Crippen molar-refractivity contribution in [3.63, 3.8) is 0 Å². The molecule has 8 nitrogen and oxygen atoms in total. The number of methoxy groups -OCH3 is 2. The molecule has 0 saturated carbocycles. The molecule has 0 N–H and O–H groups in total. The number of benzene rings is 2. The van der Waals surface area contributed by atoms with Crippen LogP contribution in [0, 0.1) is 0 Å². The maximum Gasteiger partial charge on any atom is 0.243 e. The Bertz CT molecular complexity index is 1240. The number of sulfonamides is 1. The predicted molar refractivity (Wildman–Crippen MR) is 141 cm³/mol. The first-order valence-electron chi connectivity index (χ1n) is 11.4. The quantitative estimate of drug-likeness (QED) is 0.308. The van der Waals surface area contributed by atoms with Gasteiger partial charge in [-0.1, -0.05) is 22.0 Å². The van der Waals surface area contributed by atoms with Crippen LogP contribution in [0.4, 0.5) is 0 Å². The van der Waals surface area contributed by atoms with Crippen molar-refractivity contribution in [1.82, 2.24) is 9.21 Å². The summed E-state index contributed by atoms with van der Waals surface area (Å²) in [6, 6.07) is 15.1. The second-order valence-corrected chi connectivity index (χ2v) is 11.2. The van der Waals surface area contributed by atoms with Crippen molar-refractivity contribution < 1.29 is 27.1 Å². The third kappa shape index (κ3) is 6.89. The molecule has 2 aromatic carbocycles. The van der Waals surface area contributed by atoms with Gasteiger partial charge in [0, 0.05) is 17.1 Å². The normalized spacial score (nSPS) is 11.6. The maximum atomic E-state index is 13.5. The number of hydrogen-bond donors (Lipinski definition) is 0. The maximum absolute atomic E-state index is 13.5. The molecule has 0 radical (unpaired) electrons. The van der Waals surface area contributed by atoms with Crippen molar-refractivity contribution >= 4 is 31.9 Å². The lowest BCUT2D eigenvalue weighted by Gasteiger charge is -2.29. The zero-order chi connectivity index (χ0) is 26.3. The van der Waals surface area contributed by atoms with Gasteiger partial charge in [-0.25, -0.2) is 8.42 Å². The topological polar surface area (TPSA) is 89.3 Å². The summed E-state index contributed by atoms with van der Waals surface area (Å²) in [6.45, 7) is 3.81. The van der Waals surface area contributed by atoms with E-state index < -0.39 is 16.1 Å². The van der Waals surface area contributed by atoms with Gasteiger partial charge in [0.15, 0.2) is 11.5 Å². The number of carbonyl (C=O) groups is 1. The van der Waals surface area contributed by atoms with E-state index in [2.05, 4.69) is 15.9 Å². The molecule has 3 rings (SSSR count). The Morgan fingerprint density at radius 3 is 2.31 bits per heavy atom. The summed E-state index contributed by atoms with van der Waals surface area (Å²) in [4.78, 5) is 15.2. The van der Waals surface area contributed by atoms with E-state index in [1.807, 2.05) is 18.2 Å². The molecular formula is C26H31BrN2O6S. The molecule has 1 aromatic heterocycles. The van der Waals surface area contributed by atoms with Crippen molar-refractivity contribution in [2.45, 2.75) is 37.8 Å². The number of halogens is 1. The molecule has 0 atom stereocenters. The zero-order valence-electron chi connectivity index (χ0n) is 20.8. The second kappa shape index (κ2) is 12.4. The number of ether oxygens (including phenoxy) is 2. The number of nitrogens with zero attached hydrogens (tertiary/aromatic N) is 2. The van der Waals surface area contributed by atoms with Gasteiger partial charge in [-0.2, -0.15) is 4.31 Å². The fourth-order valence-electron chi connectivity index (χ4n) is 3.70. The zero-order valence-corrected chi connectivity index (χ0v) is 23.2. The molecule has 3 aromatic rings. The van der Waals surface area contributed by atoms with Crippen LogP contribution < -0.4 is 9.47 Å². The van der Waals surface area contributed by atoms with Crippen molar-refractivity contribution in [3.05, 3.63) is 76.7 Å². The molecule has 0 aliphatic carbocycles. The van der Waals surface area contributed by atoms with Gasteiger partial charge in [0.25, 0.3) is 0 Å². The van der Waals surface area contributed by atoms with Crippen LogP contribution in [0.2, 0.25) is 0 Å². The van der Waals surface area contributed by atoms with Crippen molar-refractivity contribution in [1.29, 1.82) is 0 Å². The molecule has 10 heteroatoms. The number of rotatable bonds is 12. The summed E-state index contributed by atoms with van der Waals surface area (Å²) in [7, 11) is -0.737. The average molecular weight is 580 g/mol. The molecule has 0 bridgehead atoms. The van der Waals surface area contributed by atoms with Gasteiger partial charge in [0.2, 0.25) is 15.9 Å². The van der Waals surface area contributed by atoms with Crippen molar-refractivity contribution in [2.24, 2.45) is 0 Å². The van der Waals surface area contributed by atoms with Crippen LogP contribution in [0.5, 0.6) is 11.5 Å². The van der Waals surface area contributed by atoms with E-state index in [0.717, 1.165) is 10.0 Å². The van der Waals surface area contributed by atoms with E-state index in [9.17, 15) is 13.2 Å². The van der Waals surface area contributed by atoms with E-state index in [0.29, 0.717) is 30.2 Å². The SMILES string of the molecule is COc1ccc(CCN(Cc2ccco2)C(=O)CN(C(C)C)S(=O)(=O)c2ccc(Br)cc2)cc1OC. The minimum Gasteiger partial charge on any atom is -0.493 e. The number of hydrogen-bond acceptors (Lipinski definition) is 6. The first kappa shape index (κ1) is 27.8. The highest BCUT2D eigenvalue weighted by Gasteiger charge is 2.31. The highest BCUT2D eigenvalue weighted by molar-refractivity contribution is 9.10. The first-order chi connectivity index (χ1) is 17.1. The Morgan fingerprint density at radius 1 is 1.03 bits per heavy atom. The van der Waals surface area contributed by atoms with Gasteiger partial charge in [-0.3, -0.25) is 4.79 Å². The smallest absolute Gasteiger partial charge is 0.243 e. The lowest BCUT2D eigenvalue weighted by Crippen LogP contribution is -2.46. The molecule has 0 saturated heterocycles. The molecule has 0 aliphatic heterocycles. The van der Waals surface area contributed by atoms with E-state index in [4.69, 9.17) is 13.9 Å². The van der Waals surface area contributed by atoms with Gasteiger partial charge in [0.1, 0.15) is 5.76 Å². The largest absolute Gasteiger partial charge is 0.493 e. The van der Waals surface area contributed by atoms with Crippen LogP contribution in [0.25, 0.3) is 0 Å². The van der Waals surface area contributed by atoms with E-state index >= 15 is 0 Å². The summed E-state index contributed by atoms with van der Waals surface area (Å²) in [5.41, 5.74) is 0.952. The number of amides is 1. The highest BCUT2D eigenvalue weighted by Crippen LogP contribution is 2.28. The van der Waals surface area contributed by atoms with Gasteiger partial charge < -0.3 is 18.8 Å². The van der Waals surface area contributed by atoms with Crippen LogP contribution in [0.15, 0.2) is 74.6 Å². The lowest BCUT2D eigenvalue weighted by molar-refractivity contribution is -0.132. The fourth-order valence-corrected chi connectivity index (χ4v) is 5.55. The van der Waals surface area contributed by atoms with Gasteiger partial charge in [-0.05, 0) is 74.4 Å². The standard InChI is InChI=1S/C26H31BrN2O6S/c1-19(2)29(36(31,32)23-10-8-21(27)9-11-23)18-26(30)28(17-22-6-5-15-35-22)14-13-20-7-12-24(33-3)25(16-20)34-4/h5-12,15-16,19H,13-14,17-18H2,1-4H3. The van der Waals surface area contributed by atoms with E-state index in [-0.39, 0.29) is 23.9 Å². The molecule has 36 heavy (non-hydrogen) atoms. The number of carbonyl (C=O) groups excluding carboxylic acids is 1. The molecular weight excluding hydrogens is 548 g/mol. The molecule has 0 aliphatic rings. The van der Waals surface area contributed by atoms with E-state index in [1.165, 1.54) is 16.4 Å². The third-order valence-corrected chi connectivity index (χ3v) is 8.25. The molecule has 0 unspecified atom stereocenters. The summed E-state index contributed by atoms with van der Waals surface area (Å²) in [5, 5.41) is 0. The van der Waals surface area contributed by atoms with Crippen molar-refractivity contribution in [3.8, 4) is 11.5 Å². The Morgan fingerprint density at radius 2 is 1.72 bits per heavy atom. The summed E-state index contributed by atoms with van der Waals surface area (Å²) in [6.07, 6.45) is 2.08. The van der Waals surface area contributed by atoms with Crippen molar-refractivity contribution in [2.75, 3.05) is 27.3 Å². The van der Waals surface area contributed by atoms with Crippen LogP contribution in [-0.2, 0) is 27.8 Å². The first-order valence-corrected chi connectivity index (χ1v) is 13.7. The molecule has 0 spiro atoms. The molecule has 1 amide bonds. The summed E-state index contributed by atoms with van der Waals surface area (Å²) < 4.78 is 44.9. The Labute approximate surface area is 221 Å². The summed E-state index contributed by atoms with van der Waals surface area (Å²) in [5.74, 6) is 1.52. The minimum absolute atomic E-state index is 0.134. The van der Waals surface area contributed by atoms with E-state index in [1.54, 1.807) is 63.5 Å². The second-order valence-electron chi connectivity index (χ2n) is 8.43. The molecule has 194 valence electrons. The number of furan rings is 1. The van der Waals surface area contributed by atoms with Crippen LogP contribution >= 0.6 is 15.9 Å². The molecule has 0 fully saturated rings. The third-order valence-electron chi connectivity index (χ3n) is 5.69. The van der Waals surface area contributed by atoms with Crippen LogP contribution in [-0.4, -0.2) is 56.9 Å². The Hall–Kier alpha value is -2.82. The van der Waals surface area contributed by atoms with Gasteiger partial charge in [-0.15, -0.1) is 0 Å². The van der Waals surface area contributed by atoms with Crippen LogP contribution in [0.1, 0.15) is 25.2 Å². The predicted octanol–water partition coefficient (Wildman–Crippen LogP) is 4.73. The summed E-state index contributed by atoms with van der Waals surface area (Å²) >= 11 is 3.33. The Kier molecular flexibility index (Phi) is 9.58. The van der Waals surface area contributed by atoms with Gasteiger partial charge >= 0.3 is 0 Å². The van der Waals surface area contributed by atoms with Crippen LogP contribution in [0.3, 0.4) is 0 Å². The molecule has 1 heterocycles. The lowest BCUT2D eigenvalue weighted by atomic mass is 10.1. The highest BCUT2D eigenvalue weighted by atomic mass is 79.9. The van der Waals surface area contributed by atoms with Gasteiger partial charge in [0.05, 0.1) is 38.5 Å². The fraction of sp³-hybridized carbons (Fsp3) is 0.346. The average Bonchev–Trinajstić information content (AvgIpc) is 3.37. The monoisotopic (exact) mass is 578 g/mol.